The van der Waals surface area contributed by atoms with Gasteiger partial charge in [-0.3, -0.25) is 4.98 Å². The predicted octanol–water partition coefficient (Wildman–Crippen LogP) is 2.71. The van der Waals surface area contributed by atoms with Crippen LogP contribution in [0, 0.1) is 0 Å². The van der Waals surface area contributed by atoms with Crippen molar-refractivity contribution in [1.29, 1.82) is 0 Å². The van der Waals surface area contributed by atoms with Crippen molar-refractivity contribution in [3.8, 4) is 0 Å². The summed E-state index contributed by atoms with van der Waals surface area (Å²) < 4.78 is 5.84. The minimum absolute atomic E-state index is 0.519. The van der Waals surface area contributed by atoms with Gasteiger partial charge in [0.15, 0.2) is 0 Å². The summed E-state index contributed by atoms with van der Waals surface area (Å²) in [6, 6.07) is 5.50. The van der Waals surface area contributed by atoms with Crippen LogP contribution in [0.2, 0.25) is 0 Å². The third kappa shape index (κ3) is 2.67. The zero-order valence-corrected chi connectivity index (χ0v) is 9.52. The Morgan fingerprint density at radius 1 is 1.40 bits per heavy atom. The van der Waals surface area contributed by atoms with Gasteiger partial charge < -0.3 is 9.52 Å². The molecule has 1 unspecified atom stereocenters. The summed E-state index contributed by atoms with van der Waals surface area (Å²) in [6.45, 7) is 0. The van der Waals surface area contributed by atoms with Crippen molar-refractivity contribution in [3.05, 3.63) is 52.7 Å². The lowest BCUT2D eigenvalue weighted by Crippen LogP contribution is -2.03. The van der Waals surface area contributed by atoms with Gasteiger partial charge in [-0.1, -0.05) is 0 Å². The average molecular weight is 268 g/mol. The predicted molar refractivity (Wildman–Crippen MR) is 59.3 cm³/mol. The van der Waals surface area contributed by atoms with E-state index in [1.54, 1.807) is 24.8 Å². The summed E-state index contributed by atoms with van der Waals surface area (Å²) in [5, 5.41) is 9.86. The van der Waals surface area contributed by atoms with Gasteiger partial charge in [0.25, 0.3) is 0 Å². The number of aromatic nitrogens is 1. The van der Waals surface area contributed by atoms with Crippen LogP contribution in [0.3, 0.4) is 0 Å². The van der Waals surface area contributed by atoms with Gasteiger partial charge in [-0.25, -0.2) is 0 Å². The monoisotopic (exact) mass is 267 g/mol. The zero-order chi connectivity index (χ0) is 10.7. The zero-order valence-electron chi connectivity index (χ0n) is 7.93. The van der Waals surface area contributed by atoms with Gasteiger partial charge in [0.2, 0.25) is 0 Å². The molecule has 0 aliphatic carbocycles. The van der Waals surface area contributed by atoms with E-state index < -0.39 is 6.10 Å². The Kier molecular flexibility index (Phi) is 3.18. The lowest BCUT2D eigenvalue weighted by Gasteiger charge is -2.08. The van der Waals surface area contributed by atoms with Crippen LogP contribution in [-0.4, -0.2) is 10.1 Å². The highest BCUT2D eigenvalue weighted by Gasteiger charge is 2.10. The van der Waals surface area contributed by atoms with Crippen molar-refractivity contribution < 1.29 is 9.52 Å². The third-order valence-corrected chi connectivity index (χ3v) is 2.57. The Balaban J connectivity index is 2.08. The molecular formula is C11H10BrNO2. The second kappa shape index (κ2) is 4.59. The van der Waals surface area contributed by atoms with Crippen LogP contribution in [0.15, 0.2) is 45.8 Å². The van der Waals surface area contributed by atoms with E-state index in [9.17, 15) is 5.11 Å². The molecule has 0 aromatic carbocycles. The molecule has 2 heterocycles. The summed E-state index contributed by atoms with van der Waals surface area (Å²) in [7, 11) is 0. The second-order valence-electron chi connectivity index (χ2n) is 3.25. The maximum atomic E-state index is 9.86. The molecule has 1 atom stereocenters. The number of pyridine rings is 1. The standard InChI is InChI=1S/C11H10BrNO2/c12-9-1-2-10(13-6-9)11(14)5-8-3-4-15-7-8/h1-4,6-7,11,14H,5H2. The molecule has 0 aliphatic rings. The fraction of sp³-hybridized carbons (Fsp3) is 0.182. The van der Waals surface area contributed by atoms with Gasteiger partial charge >= 0.3 is 0 Å². The highest BCUT2D eigenvalue weighted by atomic mass is 79.9. The van der Waals surface area contributed by atoms with Crippen LogP contribution in [0.1, 0.15) is 17.4 Å². The first-order chi connectivity index (χ1) is 7.25. The molecule has 4 heteroatoms. The summed E-state index contributed by atoms with van der Waals surface area (Å²) in [6.07, 6.45) is 4.83. The number of hydrogen-bond acceptors (Lipinski definition) is 3. The first-order valence-corrected chi connectivity index (χ1v) is 5.35. The van der Waals surface area contributed by atoms with Gasteiger partial charge in [0.1, 0.15) is 6.10 Å². The fourth-order valence-electron chi connectivity index (χ4n) is 1.32. The molecule has 0 saturated heterocycles. The molecule has 15 heavy (non-hydrogen) atoms. The average Bonchev–Trinajstić information content (AvgIpc) is 2.71. The minimum atomic E-state index is -0.587. The van der Waals surface area contributed by atoms with Gasteiger partial charge in [-0.2, -0.15) is 0 Å². The highest BCUT2D eigenvalue weighted by molar-refractivity contribution is 9.10. The van der Waals surface area contributed by atoms with Crippen LogP contribution in [0.25, 0.3) is 0 Å². The first kappa shape index (κ1) is 10.4. The fourth-order valence-corrected chi connectivity index (χ4v) is 1.56. The van der Waals surface area contributed by atoms with E-state index in [-0.39, 0.29) is 0 Å². The Morgan fingerprint density at radius 3 is 2.87 bits per heavy atom. The summed E-state index contributed by atoms with van der Waals surface area (Å²) in [5.41, 5.74) is 1.63. The molecule has 0 radical (unpaired) electrons. The Morgan fingerprint density at radius 2 is 2.27 bits per heavy atom. The van der Waals surface area contributed by atoms with Gasteiger partial charge in [-0.05, 0) is 39.7 Å². The number of aliphatic hydroxyl groups is 1. The molecule has 0 aliphatic heterocycles. The Bertz CT molecular complexity index is 411. The molecule has 3 nitrogen and oxygen atoms in total. The van der Waals surface area contributed by atoms with E-state index in [4.69, 9.17) is 4.42 Å². The van der Waals surface area contributed by atoms with Crippen molar-refractivity contribution in [2.75, 3.05) is 0 Å². The number of halogens is 1. The third-order valence-electron chi connectivity index (χ3n) is 2.10. The molecule has 0 fully saturated rings. The van der Waals surface area contributed by atoms with E-state index in [0.29, 0.717) is 12.1 Å². The molecule has 2 aromatic heterocycles. The number of aliphatic hydroxyl groups excluding tert-OH is 1. The van der Waals surface area contributed by atoms with Crippen LogP contribution >= 0.6 is 15.9 Å². The van der Waals surface area contributed by atoms with Crippen molar-refractivity contribution in [3.63, 3.8) is 0 Å². The van der Waals surface area contributed by atoms with Crippen LogP contribution < -0.4 is 0 Å². The molecular weight excluding hydrogens is 258 g/mol. The van der Waals surface area contributed by atoms with Crippen molar-refractivity contribution in [1.82, 2.24) is 4.98 Å². The summed E-state index contributed by atoms with van der Waals surface area (Å²) in [4.78, 5) is 4.13. The maximum absolute atomic E-state index is 9.86. The molecule has 0 amide bonds. The molecule has 1 N–H and O–H groups in total. The van der Waals surface area contributed by atoms with Crippen molar-refractivity contribution in [2.24, 2.45) is 0 Å². The number of furan rings is 1. The summed E-state index contributed by atoms with van der Waals surface area (Å²) >= 11 is 3.30. The molecule has 2 aromatic rings. The molecule has 2 rings (SSSR count). The number of rotatable bonds is 3. The quantitative estimate of drug-likeness (QED) is 0.930. The Hall–Kier alpha value is -1.13. The number of nitrogens with zero attached hydrogens (tertiary/aromatic N) is 1. The van der Waals surface area contributed by atoms with E-state index in [2.05, 4.69) is 20.9 Å². The maximum Gasteiger partial charge on any atom is 0.100 e. The van der Waals surface area contributed by atoms with Crippen molar-refractivity contribution >= 4 is 15.9 Å². The van der Waals surface area contributed by atoms with Crippen molar-refractivity contribution in [2.45, 2.75) is 12.5 Å². The van der Waals surface area contributed by atoms with Crippen LogP contribution in [-0.2, 0) is 6.42 Å². The smallest absolute Gasteiger partial charge is 0.100 e. The van der Waals surface area contributed by atoms with E-state index in [1.807, 2.05) is 12.1 Å². The Labute approximate surface area is 95.9 Å². The van der Waals surface area contributed by atoms with Gasteiger partial charge in [-0.15, -0.1) is 0 Å². The first-order valence-electron chi connectivity index (χ1n) is 4.56. The molecule has 0 bridgehead atoms. The van der Waals surface area contributed by atoms with E-state index in [1.165, 1.54) is 0 Å². The van der Waals surface area contributed by atoms with E-state index >= 15 is 0 Å². The van der Waals surface area contributed by atoms with Gasteiger partial charge in [0.05, 0.1) is 18.2 Å². The highest BCUT2D eigenvalue weighted by Crippen LogP contribution is 2.18. The molecule has 0 spiro atoms. The number of hydrogen-bond donors (Lipinski definition) is 1. The normalized spacial score (nSPS) is 12.7. The minimum Gasteiger partial charge on any atom is -0.472 e. The lowest BCUT2D eigenvalue weighted by atomic mass is 10.1. The largest absolute Gasteiger partial charge is 0.472 e. The molecule has 0 saturated carbocycles. The van der Waals surface area contributed by atoms with Crippen LogP contribution in [0.5, 0.6) is 0 Å². The SMILES string of the molecule is OC(Cc1ccoc1)c1ccc(Br)cn1. The van der Waals surface area contributed by atoms with Crippen LogP contribution in [0.4, 0.5) is 0 Å². The topological polar surface area (TPSA) is 46.3 Å². The molecule has 78 valence electrons. The second-order valence-corrected chi connectivity index (χ2v) is 4.17. The van der Waals surface area contributed by atoms with Gasteiger partial charge in [0, 0.05) is 17.1 Å². The summed E-state index contributed by atoms with van der Waals surface area (Å²) in [5.74, 6) is 0. The van der Waals surface area contributed by atoms with E-state index in [0.717, 1.165) is 10.0 Å². The lowest BCUT2D eigenvalue weighted by molar-refractivity contribution is 0.173.